The van der Waals surface area contributed by atoms with Crippen molar-refractivity contribution in [3.63, 3.8) is 0 Å². The smallest absolute Gasteiger partial charge is 0.143 e. The van der Waals surface area contributed by atoms with Gasteiger partial charge in [-0.3, -0.25) is 0 Å². The lowest BCUT2D eigenvalue weighted by molar-refractivity contribution is 0.660. The van der Waals surface area contributed by atoms with Crippen LogP contribution >= 0.6 is 11.3 Å². The van der Waals surface area contributed by atoms with E-state index in [1.165, 1.54) is 80.1 Å². The van der Waals surface area contributed by atoms with Gasteiger partial charge in [-0.25, -0.2) is 0 Å². The molecule has 0 aliphatic heterocycles. The second-order valence-corrected chi connectivity index (χ2v) is 19.0. The highest BCUT2D eigenvalue weighted by Crippen LogP contribution is 2.55. The second-order valence-electron chi connectivity index (χ2n) is 17.9. The van der Waals surface area contributed by atoms with Gasteiger partial charge in [-0.05, 0) is 91.0 Å². The molecule has 2 nitrogen and oxygen atoms in total. The first-order valence-corrected chi connectivity index (χ1v) is 23.0. The van der Waals surface area contributed by atoms with Gasteiger partial charge in [0.25, 0.3) is 0 Å². The molecule has 2 aromatic heterocycles. The molecule has 0 N–H and O–H groups in total. The third-order valence-corrected chi connectivity index (χ3v) is 15.4. The molecule has 3 heteroatoms. The average molecular weight is 834 g/mol. The molecule has 0 radical (unpaired) electrons. The highest BCUT2D eigenvalue weighted by atomic mass is 32.1. The fourth-order valence-electron chi connectivity index (χ4n) is 11.3. The van der Waals surface area contributed by atoms with Crippen molar-refractivity contribution in [2.75, 3.05) is 4.90 Å². The molecule has 0 bridgehead atoms. The van der Waals surface area contributed by atoms with Crippen molar-refractivity contribution in [3.05, 3.63) is 211 Å². The van der Waals surface area contributed by atoms with E-state index in [0.29, 0.717) is 0 Å². The van der Waals surface area contributed by atoms with Gasteiger partial charge in [0.1, 0.15) is 11.2 Å². The maximum absolute atomic E-state index is 7.26. The fraction of sp³-hybridized carbons (Fsp3) is 0.0492. The van der Waals surface area contributed by atoms with Gasteiger partial charge in [-0.15, -0.1) is 11.3 Å². The number of thiophene rings is 1. The Balaban J connectivity index is 1.17. The molecule has 2 heterocycles. The Bertz CT molecular complexity index is 4090. The van der Waals surface area contributed by atoms with E-state index >= 15 is 0 Å². The van der Waals surface area contributed by atoms with Crippen LogP contribution in [0.5, 0.6) is 0 Å². The summed E-state index contributed by atoms with van der Waals surface area (Å²) in [5, 5.41) is 14.5. The lowest BCUT2D eigenvalue weighted by Crippen LogP contribution is -2.17. The Morgan fingerprint density at radius 2 is 1.00 bits per heavy atom. The summed E-state index contributed by atoms with van der Waals surface area (Å²) < 4.78 is 9.81. The van der Waals surface area contributed by atoms with Crippen LogP contribution < -0.4 is 4.90 Å². The van der Waals surface area contributed by atoms with E-state index in [4.69, 9.17) is 4.42 Å². The molecule has 0 amide bonds. The van der Waals surface area contributed by atoms with Crippen molar-refractivity contribution in [3.8, 4) is 22.3 Å². The number of benzene rings is 11. The van der Waals surface area contributed by atoms with E-state index in [1.807, 2.05) is 11.3 Å². The number of para-hydroxylation sites is 1. The number of furan rings is 1. The van der Waals surface area contributed by atoms with Gasteiger partial charge in [0.2, 0.25) is 0 Å². The summed E-state index contributed by atoms with van der Waals surface area (Å²) in [6, 6.07) is 74.2. The van der Waals surface area contributed by atoms with Crippen LogP contribution in [0.4, 0.5) is 17.1 Å². The van der Waals surface area contributed by atoms with Gasteiger partial charge in [0.15, 0.2) is 0 Å². The van der Waals surface area contributed by atoms with Crippen LogP contribution in [-0.4, -0.2) is 0 Å². The molecule has 0 fully saturated rings. The third-order valence-electron chi connectivity index (χ3n) is 14.2. The minimum absolute atomic E-state index is 0.179. The molecule has 0 unspecified atom stereocenters. The second kappa shape index (κ2) is 13.2. The minimum Gasteiger partial charge on any atom is -0.455 e. The highest BCUT2D eigenvalue weighted by molar-refractivity contribution is 7.26. The van der Waals surface area contributed by atoms with Crippen molar-refractivity contribution < 1.29 is 4.42 Å². The predicted octanol–water partition coefficient (Wildman–Crippen LogP) is 18.0. The van der Waals surface area contributed by atoms with Crippen molar-refractivity contribution in [2.45, 2.75) is 19.3 Å². The van der Waals surface area contributed by atoms with Gasteiger partial charge in [-0.2, -0.15) is 0 Å². The summed E-state index contributed by atoms with van der Waals surface area (Å²) in [5.41, 5.74) is 12.6. The molecular weight excluding hydrogens is 795 g/mol. The molecule has 64 heavy (non-hydrogen) atoms. The number of rotatable bonds is 4. The number of hydrogen-bond acceptors (Lipinski definition) is 3. The number of nitrogens with zero attached hydrogens (tertiary/aromatic N) is 1. The highest BCUT2D eigenvalue weighted by Gasteiger charge is 2.36. The Morgan fingerprint density at radius 3 is 1.84 bits per heavy atom. The van der Waals surface area contributed by atoms with Crippen LogP contribution in [0.25, 0.3) is 107 Å². The third kappa shape index (κ3) is 4.85. The molecule has 13 aromatic rings. The molecule has 14 rings (SSSR count). The van der Waals surface area contributed by atoms with Crippen LogP contribution in [0.2, 0.25) is 0 Å². The van der Waals surface area contributed by atoms with Crippen molar-refractivity contribution >= 4 is 114 Å². The lowest BCUT2D eigenvalue weighted by atomic mass is 9.82. The molecule has 0 saturated heterocycles. The van der Waals surface area contributed by atoms with Gasteiger partial charge >= 0.3 is 0 Å². The monoisotopic (exact) mass is 833 g/mol. The topological polar surface area (TPSA) is 16.4 Å². The zero-order valence-electron chi connectivity index (χ0n) is 35.3. The molecular formula is C61H39NOS. The molecule has 1 aliphatic carbocycles. The molecule has 0 spiro atoms. The van der Waals surface area contributed by atoms with Gasteiger partial charge < -0.3 is 9.32 Å². The minimum atomic E-state index is -0.179. The van der Waals surface area contributed by atoms with E-state index in [9.17, 15) is 0 Å². The van der Waals surface area contributed by atoms with Gasteiger partial charge in [0, 0.05) is 59.2 Å². The Hall–Kier alpha value is -7.72. The Kier molecular flexibility index (Phi) is 7.36. The average Bonchev–Trinajstić information content (AvgIpc) is 4.00. The predicted molar refractivity (Wildman–Crippen MR) is 274 cm³/mol. The lowest BCUT2D eigenvalue weighted by Gasteiger charge is -2.31. The van der Waals surface area contributed by atoms with E-state index in [-0.39, 0.29) is 5.41 Å². The molecule has 1 aliphatic rings. The van der Waals surface area contributed by atoms with Crippen LogP contribution in [-0.2, 0) is 5.41 Å². The molecule has 0 atom stereocenters. The normalized spacial score (nSPS) is 13.3. The number of hydrogen-bond donors (Lipinski definition) is 0. The summed E-state index contributed by atoms with van der Waals surface area (Å²) in [7, 11) is 0. The van der Waals surface area contributed by atoms with Crippen molar-refractivity contribution in [1.82, 2.24) is 0 Å². The van der Waals surface area contributed by atoms with Crippen LogP contribution in [0, 0.1) is 0 Å². The summed E-state index contributed by atoms with van der Waals surface area (Å²) in [6.45, 7) is 4.76. The first-order valence-electron chi connectivity index (χ1n) is 22.2. The van der Waals surface area contributed by atoms with Crippen molar-refractivity contribution in [1.29, 1.82) is 0 Å². The quantitative estimate of drug-likeness (QED) is 0.164. The van der Waals surface area contributed by atoms with Gasteiger partial charge in [0.05, 0.1) is 16.1 Å². The van der Waals surface area contributed by atoms with Gasteiger partial charge in [-0.1, -0.05) is 178 Å². The van der Waals surface area contributed by atoms with E-state index < -0.39 is 0 Å². The maximum Gasteiger partial charge on any atom is 0.143 e. The number of fused-ring (bicyclic) bond motifs is 17. The fourth-order valence-corrected chi connectivity index (χ4v) is 12.5. The first-order chi connectivity index (χ1) is 31.5. The van der Waals surface area contributed by atoms with E-state index in [1.54, 1.807) is 0 Å². The standard InChI is InChI=1S/C61H39NOS/c1-61(2)51-26-11-9-20-42(51)43-32-30-37(35-52(43)61)62(54-27-14-24-49-44-21-10-12-28-55(44)64-60(49)54)53-34-33-46-41-19-6-5-17-39(41)40-18-7-8-22-45(40)56(46)57(53)50-25-13-23-47-48-31-29-36-15-3-4-16-38(36)58(48)63-59(47)50/h3-35H,1-2H3. The SMILES string of the molecule is CC1(C)c2ccccc2-c2ccc(N(c3ccc4c5ccccc5c5ccccc5c4c3-c3cccc4c3oc3c5ccccc5ccc43)c3cccc4c3sc3ccccc34)cc21. The molecule has 0 saturated carbocycles. The van der Waals surface area contributed by atoms with E-state index in [2.05, 4.69) is 219 Å². The molecule has 11 aromatic carbocycles. The van der Waals surface area contributed by atoms with E-state index in [0.717, 1.165) is 55.5 Å². The Labute approximate surface area is 373 Å². The Morgan fingerprint density at radius 1 is 0.406 bits per heavy atom. The van der Waals surface area contributed by atoms with Crippen molar-refractivity contribution in [2.24, 2.45) is 0 Å². The first kappa shape index (κ1) is 35.8. The van der Waals surface area contributed by atoms with Crippen LogP contribution in [0.1, 0.15) is 25.0 Å². The summed E-state index contributed by atoms with van der Waals surface area (Å²) in [5.74, 6) is 0. The largest absolute Gasteiger partial charge is 0.455 e. The zero-order valence-corrected chi connectivity index (χ0v) is 36.1. The van der Waals surface area contributed by atoms with Crippen LogP contribution in [0.15, 0.2) is 205 Å². The summed E-state index contributed by atoms with van der Waals surface area (Å²) in [4.78, 5) is 2.56. The van der Waals surface area contributed by atoms with Crippen LogP contribution in [0.3, 0.4) is 0 Å². The zero-order chi connectivity index (χ0) is 42.3. The summed E-state index contributed by atoms with van der Waals surface area (Å²) >= 11 is 1.88. The maximum atomic E-state index is 7.26. The number of anilines is 3. The molecule has 300 valence electrons. The summed E-state index contributed by atoms with van der Waals surface area (Å²) in [6.07, 6.45) is 0.